The van der Waals surface area contributed by atoms with E-state index in [0.717, 1.165) is 26.1 Å². The standard InChI is InChI=1S/C10H18N2O2/c1-3-4-5-6-12-8-7-11(2)9(12)10(13)14/h3-8H2,1-2H3/p+1. The normalized spacial score (nSPS) is 16.6. The molecule has 0 saturated carbocycles. The van der Waals surface area contributed by atoms with Gasteiger partial charge in [0.2, 0.25) is 0 Å². The first-order valence-corrected chi connectivity index (χ1v) is 5.23. The smallest absolute Gasteiger partial charge is 0.418 e. The van der Waals surface area contributed by atoms with Crippen LogP contribution in [0.5, 0.6) is 0 Å². The fourth-order valence-corrected chi connectivity index (χ4v) is 1.79. The minimum Gasteiger partial charge on any atom is -0.472 e. The van der Waals surface area contributed by atoms with E-state index in [0.29, 0.717) is 5.84 Å². The Labute approximate surface area is 84.8 Å². The fourth-order valence-electron chi connectivity index (χ4n) is 1.79. The summed E-state index contributed by atoms with van der Waals surface area (Å²) in [6.07, 6.45) is 3.43. The first kappa shape index (κ1) is 11.0. The van der Waals surface area contributed by atoms with Gasteiger partial charge in [-0.15, -0.1) is 0 Å². The van der Waals surface area contributed by atoms with E-state index in [1.807, 2.05) is 16.5 Å². The molecule has 0 atom stereocenters. The zero-order chi connectivity index (χ0) is 10.6. The van der Waals surface area contributed by atoms with Crippen molar-refractivity contribution in [3.05, 3.63) is 0 Å². The van der Waals surface area contributed by atoms with Crippen LogP contribution in [0.15, 0.2) is 0 Å². The van der Waals surface area contributed by atoms with Crippen LogP contribution in [0, 0.1) is 0 Å². The quantitative estimate of drug-likeness (QED) is 0.521. The lowest BCUT2D eigenvalue weighted by atomic mass is 10.2. The molecule has 1 aliphatic rings. The van der Waals surface area contributed by atoms with Crippen LogP contribution in [0.3, 0.4) is 0 Å². The summed E-state index contributed by atoms with van der Waals surface area (Å²) in [5, 5.41) is 8.99. The van der Waals surface area contributed by atoms with E-state index in [-0.39, 0.29) is 0 Å². The van der Waals surface area contributed by atoms with Crippen molar-refractivity contribution in [3.63, 3.8) is 0 Å². The molecule has 0 aromatic carbocycles. The first-order chi connectivity index (χ1) is 6.66. The van der Waals surface area contributed by atoms with E-state index < -0.39 is 5.97 Å². The van der Waals surface area contributed by atoms with Crippen LogP contribution in [-0.4, -0.2) is 53.1 Å². The van der Waals surface area contributed by atoms with Crippen molar-refractivity contribution in [2.75, 3.05) is 26.7 Å². The molecule has 1 N–H and O–H groups in total. The van der Waals surface area contributed by atoms with Crippen LogP contribution < -0.4 is 0 Å². The highest BCUT2D eigenvalue weighted by Crippen LogP contribution is 2.04. The second kappa shape index (κ2) is 4.98. The van der Waals surface area contributed by atoms with Crippen molar-refractivity contribution < 1.29 is 14.5 Å². The number of nitrogens with zero attached hydrogens (tertiary/aromatic N) is 2. The maximum absolute atomic E-state index is 10.9. The Hall–Kier alpha value is -1.06. The topological polar surface area (TPSA) is 43.5 Å². The molecule has 1 rings (SSSR count). The fraction of sp³-hybridized carbons (Fsp3) is 0.800. The molecule has 0 aromatic heterocycles. The van der Waals surface area contributed by atoms with Gasteiger partial charge in [-0.05, 0) is 12.8 Å². The molecule has 0 bridgehead atoms. The highest BCUT2D eigenvalue weighted by atomic mass is 16.4. The van der Waals surface area contributed by atoms with Crippen molar-refractivity contribution in [1.82, 2.24) is 4.90 Å². The largest absolute Gasteiger partial charge is 0.472 e. The molecule has 1 aliphatic heterocycles. The van der Waals surface area contributed by atoms with E-state index in [9.17, 15) is 4.79 Å². The lowest BCUT2D eigenvalue weighted by Crippen LogP contribution is -2.36. The zero-order valence-electron chi connectivity index (χ0n) is 8.99. The molecule has 0 amide bonds. The van der Waals surface area contributed by atoms with Gasteiger partial charge in [0.25, 0.3) is 0 Å². The summed E-state index contributed by atoms with van der Waals surface area (Å²) < 4.78 is 1.81. The monoisotopic (exact) mass is 199 g/mol. The lowest BCUT2D eigenvalue weighted by molar-refractivity contribution is -0.486. The van der Waals surface area contributed by atoms with Gasteiger partial charge >= 0.3 is 11.8 Å². The second-order valence-corrected chi connectivity index (χ2v) is 3.74. The van der Waals surface area contributed by atoms with Crippen molar-refractivity contribution in [1.29, 1.82) is 0 Å². The molecule has 4 nitrogen and oxygen atoms in total. The predicted octanol–water partition coefficient (Wildman–Crippen LogP) is 0.618. The van der Waals surface area contributed by atoms with Gasteiger partial charge in [0.15, 0.2) is 0 Å². The summed E-state index contributed by atoms with van der Waals surface area (Å²) in [5.74, 6) is -0.345. The lowest BCUT2D eigenvalue weighted by Gasteiger charge is -2.09. The van der Waals surface area contributed by atoms with E-state index >= 15 is 0 Å². The Morgan fingerprint density at radius 2 is 2.29 bits per heavy atom. The van der Waals surface area contributed by atoms with Gasteiger partial charge in [-0.2, -0.15) is 0 Å². The molecule has 0 unspecified atom stereocenters. The van der Waals surface area contributed by atoms with E-state index in [1.54, 1.807) is 0 Å². The van der Waals surface area contributed by atoms with Crippen molar-refractivity contribution >= 4 is 11.8 Å². The van der Waals surface area contributed by atoms with Crippen LogP contribution in [0.4, 0.5) is 0 Å². The number of hydrogen-bond acceptors (Lipinski definition) is 2. The Kier molecular flexibility index (Phi) is 3.92. The summed E-state index contributed by atoms with van der Waals surface area (Å²) >= 11 is 0. The third kappa shape index (κ3) is 2.47. The Morgan fingerprint density at radius 3 is 2.86 bits per heavy atom. The number of carboxylic acids is 1. The SMILES string of the molecule is CCCCCN1CC[N+](C)=C1C(=O)O. The highest BCUT2D eigenvalue weighted by Gasteiger charge is 2.33. The van der Waals surface area contributed by atoms with Crippen LogP contribution in [0.1, 0.15) is 26.2 Å². The molecule has 14 heavy (non-hydrogen) atoms. The van der Waals surface area contributed by atoms with Gasteiger partial charge in [0.05, 0.1) is 13.6 Å². The van der Waals surface area contributed by atoms with Crippen molar-refractivity contribution in [2.24, 2.45) is 0 Å². The second-order valence-electron chi connectivity index (χ2n) is 3.74. The zero-order valence-corrected chi connectivity index (χ0v) is 8.99. The summed E-state index contributed by atoms with van der Waals surface area (Å²) in [5.41, 5.74) is 0. The average Bonchev–Trinajstić information content (AvgIpc) is 2.47. The van der Waals surface area contributed by atoms with Crippen molar-refractivity contribution in [2.45, 2.75) is 26.2 Å². The molecular formula is C10H19N2O2+. The summed E-state index contributed by atoms with van der Waals surface area (Å²) in [4.78, 5) is 12.9. The number of carbonyl (C=O) groups is 1. The molecule has 1 heterocycles. The number of rotatable bonds is 5. The number of aliphatic carboxylic acids is 1. The minimum absolute atomic E-state index is 0.459. The maximum atomic E-state index is 10.9. The van der Waals surface area contributed by atoms with E-state index in [2.05, 4.69) is 6.92 Å². The van der Waals surface area contributed by atoms with Crippen LogP contribution in [0.2, 0.25) is 0 Å². The molecule has 4 heteroatoms. The summed E-state index contributed by atoms with van der Waals surface area (Å²) in [6.45, 7) is 4.70. The van der Waals surface area contributed by atoms with Gasteiger partial charge < -0.3 is 5.11 Å². The Bertz CT molecular complexity index is 249. The van der Waals surface area contributed by atoms with Gasteiger partial charge in [-0.1, -0.05) is 13.3 Å². The Morgan fingerprint density at radius 1 is 1.57 bits per heavy atom. The molecule has 0 fully saturated rings. The van der Waals surface area contributed by atoms with Gasteiger partial charge in [-0.3, -0.25) is 9.48 Å². The number of amidine groups is 1. The van der Waals surface area contributed by atoms with Gasteiger partial charge in [-0.25, -0.2) is 4.79 Å². The Balaban J connectivity index is 2.50. The number of hydrogen-bond donors (Lipinski definition) is 1. The number of likely N-dealkylation sites (N-methyl/N-ethyl adjacent to an activating group) is 1. The third-order valence-electron chi connectivity index (χ3n) is 2.59. The third-order valence-corrected chi connectivity index (χ3v) is 2.59. The van der Waals surface area contributed by atoms with E-state index in [4.69, 9.17) is 5.11 Å². The van der Waals surface area contributed by atoms with Crippen molar-refractivity contribution in [3.8, 4) is 0 Å². The van der Waals surface area contributed by atoms with Crippen LogP contribution >= 0.6 is 0 Å². The van der Waals surface area contributed by atoms with E-state index in [1.165, 1.54) is 12.8 Å². The average molecular weight is 199 g/mol. The predicted molar refractivity (Wildman–Crippen MR) is 54.8 cm³/mol. The highest BCUT2D eigenvalue weighted by molar-refractivity contribution is 6.32. The molecule has 0 saturated heterocycles. The first-order valence-electron chi connectivity index (χ1n) is 5.23. The minimum atomic E-state index is -0.804. The summed E-state index contributed by atoms with van der Waals surface area (Å²) in [6, 6.07) is 0. The van der Waals surface area contributed by atoms with Gasteiger partial charge in [0, 0.05) is 0 Å². The van der Waals surface area contributed by atoms with Gasteiger partial charge in [0.1, 0.15) is 13.1 Å². The number of unbranched alkanes of at least 4 members (excludes halogenated alkanes) is 2. The molecular weight excluding hydrogens is 180 g/mol. The molecule has 0 spiro atoms. The molecule has 80 valence electrons. The summed E-state index contributed by atoms with van der Waals surface area (Å²) in [7, 11) is 1.84. The molecule has 0 aliphatic carbocycles. The maximum Gasteiger partial charge on any atom is 0.418 e. The van der Waals surface area contributed by atoms with Crippen LogP contribution in [-0.2, 0) is 4.79 Å². The molecule has 0 radical (unpaired) electrons. The molecule has 0 aromatic rings. The van der Waals surface area contributed by atoms with Crippen LogP contribution in [0.25, 0.3) is 0 Å². The number of carboxylic acid groups (broad SMARTS) is 1.